The summed E-state index contributed by atoms with van der Waals surface area (Å²) in [6.07, 6.45) is 4.52. The van der Waals surface area contributed by atoms with Gasteiger partial charge in [0.15, 0.2) is 0 Å². The van der Waals surface area contributed by atoms with E-state index in [1.807, 2.05) is 32.3 Å². The minimum Gasteiger partial charge on any atom is -0.368 e. The van der Waals surface area contributed by atoms with Crippen molar-refractivity contribution >= 4 is 40.6 Å². The SMILES string of the molecule is Cc1nc(C)c(Cl)c(NCCc2cnn(-c3ccc(Cl)cc3Cl)c2)n1. The van der Waals surface area contributed by atoms with Crippen molar-refractivity contribution in [3.8, 4) is 5.69 Å². The fourth-order valence-electron chi connectivity index (χ4n) is 2.43. The highest BCUT2D eigenvalue weighted by Gasteiger charge is 2.09. The quantitative estimate of drug-likeness (QED) is 0.667. The van der Waals surface area contributed by atoms with E-state index in [-0.39, 0.29) is 0 Å². The molecular weight excluding hydrogens is 381 g/mol. The van der Waals surface area contributed by atoms with Crippen LogP contribution < -0.4 is 5.32 Å². The number of rotatable bonds is 5. The molecule has 0 bridgehead atoms. The van der Waals surface area contributed by atoms with Crippen LogP contribution in [0.15, 0.2) is 30.6 Å². The number of anilines is 1. The van der Waals surface area contributed by atoms with Gasteiger partial charge in [0.1, 0.15) is 16.7 Å². The van der Waals surface area contributed by atoms with Crippen LogP contribution in [0.3, 0.4) is 0 Å². The Balaban J connectivity index is 1.66. The van der Waals surface area contributed by atoms with Gasteiger partial charge in [0.05, 0.1) is 22.6 Å². The van der Waals surface area contributed by atoms with Crippen LogP contribution in [0.2, 0.25) is 15.1 Å². The molecule has 0 fully saturated rings. The van der Waals surface area contributed by atoms with E-state index in [2.05, 4.69) is 20.4 Å². The maximum Gasteiger partial charge on any atom is 0.148 e. The summed E-state index contributed by atoms with van der Waals surface area (Å²) in [7, 11) is 0. The van der Waals surface area contributed by atoms with Crippen molar-refractivity contribution in [2.24, 2.45) is 0 Å². The van der Waals surface area contributed by atoms with E-state index in [4.69, 9.17) is 34.8 Å². The summed E-state index contributed by atoms with van der Waals surface area (Å²) in [6.45, 7) is 4.38. The molecule has 130 valence electrons. The van der Waals surface area contributed by atoms with Crippen LogP contribution in [0, 0.1) is 13.8 Å². The Hall–Kier alpha value is -1.82. The largest absolute Gasteiger partial charge is 0.368 e. The molecule has 0 spiro atoms. The van der Waals surface area contributed by atoms with Crippen molar-refractivity contribution in [2.75, 3.05) is 11.9 Å². The number of nitrogens with one attached hydrogen (secondary N) is 1. The Labute approximate surface area is 161 Å². The van der Waals surface area contributed by atoms with Crippen LogP contribution in [0.25, 0.3) is 5.69 Å². The molecule has 3 aromatic rings. The summed E-state index contributed by atoms with van der Waals surface area (Å²) in [5.41, 5.74) is 2.62. The second-order valence-corrected chi connectivity index (χ2v) is 6.81. The Kier molecular flexibility index (Phi) is 5.47. The van der Waals surface area contributed by atoms with Crippen molar-refractivity contribution < 1.29 is 0 Å². The first-order chi connectivity index (χ1) is 11.9. The fourth-order valence-corrected chi connectivity index (χ4v) is 3.08. The van der Waals surface area contributed by atoms with Gasteiger partial charge in [0.2, 0.25) is 0 Å². The summed E-state index contributed by atoms with van der Waals surface area (Å²) in [6, 6.07) is 5.32. The predicted octanol–water partition coefficient (Wildman–Crippen LogP) is 4.89. The van der Waals surface area contributed by atoms with Crippen LogP contribution >= 0.6 is 34.8 Å². The normalized spacial score (nSPS) is 10.9. The molecule has 25 heavy (non-hydrogen) atoms. The maximum atomic E-state index is 6.23. The van der Waals surface area contributed by atoms with Gasteiger partial charge in [-0.3, -0.25) is 0 Å². The molecule has 0 saturated heterocycles. The lowest BCUT2D eigenvalue weighted by molar-refractivity contribution is 0.879. The molecule has 8 heteroatoms. The highest BCUT2D eigenvalue weighted by Crippen LogP contribution is 2.24. The molecule has 1 aromatic carbocycles. The van der Waals surface area contributed by atoms with Crippen LogP contribution in [-0.2, 0) is 6.42 Å². The lowest BCUT2D eigenvalue weighted by Gasteiger charge is -2.09. The molecule has 0 aliphatic rings. The van der Waals surface area contributed by atoms with E-state index in [1.165, 1.54) is 0 Å². The van der Waals surface area contributed by atoms with Crippen LogP contribution in [0.4, 0.5) is 5.82 Å². The minimum atomic E-state index is 0.550. The number of hydrogen-bond donors (Lipinski definition) is 1. The summed E-state index contributed by atoms with van der Waals surface area (Å²) in [5, 5.41) is 9.31. The average Bonchev–Trinajstić information content (AvgIpc) is 3.00. The summed E-state index contributed by atoms with van der Waals surface area (Å²) in [5.74, 6) is 1.34. The minimum absolute atomic E-state index is 0.550. The van der Waals surface area contributed by atoms with Crippen LogP contribution in [0.1, 0.15) is 17.1 Å². The molecular formula is C17H16Cl3N5. The third kappa shape index (κ3) is 4.24. The van der Waals surface area contributed by atoms with Crippen molar-refractivity contribution in [1.82, 2.24) is 19.7 Å². The molecule has 3 rings (SSSR count). The Morgan fingerprint density at radius 2 is 1.92 bits per heavy atom. The van der Waals surface area contributed by atoms with Crippen LogP contribution in [0.5, 0.6) is 0 Å². The van der Waals surface area contributed by atoms with E-state index in [9.17, 15) is 0 Å². The number of aryl methyl sites for hydroxylation is 2. The van der Waals surface area contributed by atoms with E-state index in [0.29, 0.717) is 33.3 Å². The van der Waals surface area contributed by atoms with E-state index < -0.39 is 0 Å². The van der Waals surface area contributed by atoms with Crippen molar-refractivity contribution in [3.05, 3.63) is 62.7 Å². The maximum absolute atomic E-state index is 6.23. The Morgan fingerprint density at radius 1 is 1.12 bits per heavy atom. The molecule has 2 aromatic heterocycles. The van der Waals surface area contributed by atoms with Gasteiger partial charge in [-0.2, -0.15) is 5.10 Å². The van der Waals surface area contributed by atoms with Crippen molar-refractivity contribution in [2.45, 2.75) is 20.3 Å². The summed E-state index contributed by atoms with van der Waals surface area (Å²) >= 11 is 18.4. The monoisotopic (exact) mass is 395 g/mol. The highest BCUT2D eigenvalue weighted by molar-refractivity contribution is 6.35. The molecule has 2 heterocycles. The predicted molar refractivity (Wildman–Crippen MR) is 102 cm³/mol. The lowest BCUT2D eigenvalue weighted by Crippen LogP contribution is -2.08. The zero-order valence-electron chi connectivity index (χ0n) is 13.7. The first-order valence-electron chi connectivity index (χ1n) is 7.67. The van der Waals surface area contributed by atoms with Gasteiger partial charge < -0.3 is 5.32 Å². The zero-order valence-corrected chi connectivity index (χ0v) is 16.0. The standard InChI is InChI=1S/C17H16Cl3N5/c1-10-16(20)17(24-11(2)23-10)21-6-5-12-8-22-25(9-12)15-4-3-13(18)7-14(15)19/h3-4,7-9H,5-6H2,1-2H3,(H,21,23,24). The third-order valence-corrected chi connectivity index (χ3v) is 4.62. The Morgan fingerprint density at radius 3 is 2.68 bits per heavy atom. The van der Waals surface area contributed by atoms with Gasteiger partial charge >= 0.3 is 0 Å². The molecule has 5 nitrogen and oxygen atoms in total. The molecule has 0 amide bonds. The van der Waals surface area contributed by atoms with E-state index >= 15 is 0 Å². The van der Waals surface area contributed by atoms with Crippen molar-refractivity contribution in [1.29, 1.82) is 0 Å². The fraction of sp³-hybridized carbons (Fsp3) is 0.235. The van der Waals surface area contributed by atoms with Gasteiger partial charge in [-0.25, -0.2) is 14.6 Å². The number of aromatic nitrogens is 4. The van der Waals surface area contributed by atoms with Crippen molar-refractivity contribution in [3.63, 3.8) is 0 Å². The second kappa shape index (κ2) is 7.60. The zero-order chi connectivity index (χ0) is 18.0. The first-order valence-corrected chi connectivity index (χ1v) is 8.81. The molecule has 0 aliphatic carbocycles. The first kappa shape index (κ1) is 18.0. The van der Waals surface area contributed by atoms with Crippen LogP contribution in [-0.4, -0.2) is 26.3 Å². The Bertz CT molecular complexity index is 907. The molecule has 0 aliphatic heterocycles. The van der Waals surface area contributed by atoms with Gasteiger partial charge in [-0.15, -0.1) is 0 Å². The molecule has 0 radical (unpaired) electrons. The lowest BCUT2D eigenvalue weighted by atomic mass is 10.2. The van der Waals surface area contributed by atoms with Gasteiger partial charge in [0.25, 0.3) is 0 Å². The number of halogens is 3. The second-order valence-electron chi connectivity index (χ2n) is 5.58. The smallest absolute Gasteiger partial charge is 0.148 e. The highest BCUT2D eigenvalue weighted by atomic mass is 35.5. The number of benzene rings is 1. The molecule has 0 atom stereocenters. The summed E-state index contributed by atoms with van der Waals surface area (Å²) in [4.78, 5) is 8.57. The topological polar surface area (TPSA) is 55.6 Å². The number of hydrogen-bond acceptors (Lipinski definition) is 4. The average molecular weight is 397 g/mol. The van der Waals surface area contributed by atoms with Gasteiger partial charge in [-0.05, 0) is 44.0 Å². The van der Waals surface area contributed by atoms with Gasteiger partial charge in [-0.1, -0.05) is 34.8 Å². The van der Waals surface area contributed by atoms with E-state index in [0.717, 1.165) is 23.4 Å². The third-order valence-electron chi connectivity index (χ3n) is 3.63. The van der Waals surface area contributed by atoms with Gasteiger partial charge in [0, 0.05) is 17.8 Å². The molecule has 0 unspecified atom stereocenters. The number of nitrogens with zero attached hydrogens (tertiary/aromatic N) is 4. The molecule has 0 saturated carbocycles. The molecule has 1 N–H and O–H groups in total. The summed E-state index contributed by atoms with van der Waals surface area (Å²) < 4.78 is 1.74. The van der Waals surface area contributed by atoms with E-state index in [1.54, 1.807) is 16.8 Å².